The zero-order valence-corrected chi connectivity index (χ0v) is 12.0. The number of aromatic nitrogens is 2. The Kier molecular flexibility index (Phi) is 5.83. The first-order valence-corrected chi connectivity index (χ1v) is 6.49. The molecule has 1 aromatic heterocycles. The van der Waals surface area contributed by atoms with Crippen LogP contribution in [0.3, 0.4) is 0 Å². The molecule has 0 unspecified atom stereocenters. The van der Waals surface area contributed by atoms with Gasteiger partial charge in [0.15, 0.2) is 35.4 Å². The summed E-state index contributed by atoms with van der Waals surface area (Å²) in [5, 5.41) is 15.4. The third-order valence-electron chi connectivity index (χ3n) is 2.05. The number of hydroxylamine groups is 1. The lowest BCUT2D eigenvalue weighted by atomic mass is 10.1. The minimum absolute atomic E-state index is 0.792. The fourth-order valence-electron chi connectivity index (χ4n) is 1.44. The number of benzene rings is 1. The second kappa shape index (κ2) is 7.16. The number of nitrogens with zero attached hydrogens (tertiary/aromatic N) is 3. The summed E-state index contributed by atoms with van der Waals surface area (Å²) in [6.07, 6.45) is 1.54. The summed E-state index contributed by atoms with van der Waals surface area (Å²) in [4.78, 5) is 0.867. The predicted molar refractivity (Wildman–Crippen MR) is 73.6 cm³/mol. The van der Waals surface area contributed by atoms with E-state index in [9.17, 15) is 22.5 Å². The molecule has 1 heterocycles. The highest BCUT2D eigenvalue weighted by atomic mass is 32.1. The number of aryl methyl sites for hydroxylation is 1. The van der Waals surface area contributed by atoms with Crippen LogP contribution in [0, 0.1) is 5.21 Å². The normalized spacial score (nSPS) is 11.8. The molecule has 0 N–H and O–H groups in total. The Morgan fingerprint density at radius 1 is 1.24 bits per heavy atom. The van der Waals surface area contributed by atoms with Crippen LogP contribution in [0.1, 0.15) is 4.88 Å². The number of halogens is 4. The summed E-state index contributed by atoms with van der Waals surface area (Å²) in [5.74, 6) is 0. The monoisotopic (exact) mass is 321 g/mol. The van der Waals surface area contributed by atoms with E-state index in [1.165, 1.54) is 18.6 Å². The molecule has 1 aromatic carbocycles. The van der Waals surface area contributed by atoms with E-state index in [0.29, 0.717) is 0 Å². The average Bonchev–Trinajstić information content (AvgIpc) is 2.68. The molecule has 0 aliphatic heterocycles. The fourth-order valence-corrected chi connectivity index (χ4v) is 2.29. The molecule has 2 rings (SSSR count). The van der Waals surface area contributed by atoms with Crippen LogP contribution in [-0.2, 0) is 7.05 Å². The molecule has 0 bridgehead atoms. The van der Waals surface area contributed by atoms with Gasteiger partial charge in [-0.3, -0.25) is 0 Å². The van der Waals surface area contributed by atoms with Gasteiger partial charge in [0.05, 0.1) is 0 Å². The molecule has 0 atom stereocenters. The van der Waals surface area contributed by atoms with Crippen molar-refractivity contribution in [2.45, 2.75) is 0 Å². The van der Waals surface area contributed by atoms with Gasteiger partial charge in [0.2, 0.25) is 0 Å². The second-order valence-corrected chi connectivity index (χ2v) is 5.06. The number of rotatable bonds is 2. The lowest BCUT2D eigenvalue weighted by Gasteiger charge is -1.94. The van der Waals surface area contributed by atoms with Gasteiger partial charge in [-0.1, -0.05) is 30.3 Å². The van der Waals surface area contributed by atoms with E-state index in [4.69, 9.17) is 0 Å². The van der Waals surface area contributed by atoms with Crippen molar-refractivity contribution in [3.63, 3.8) is 0 Å². The molecule has 10 heteroatoms. The molecular weight excluding hydrogens is 309 g/mol. The van der Waals surface area contributed by atoms with Crippen molar-refractivity contribution in [2.24, 2.45) is 7.05 Å². The highest BCUT2D eigenvalue weighted by Gasteiger charge is 2.20. The largest absolute Gasteiger partial charge is 0.673 e. The van der Waals surface area contributed by atoms with Crippen molar-refractivity contribution in [1.29, 1.82) is 0 Å². The standard InChI is InChI=1S/C11H12N3OS.BF4/c1-13(15)8-10-11(12-14(2)16-10)9-6-4-3-5-7-9;2-1(3,4)5/h3-8H,1-2H3;/q+1;-1/b13-8-;. The van der Waals surface area contributed by atoms with Crippen LogP contribution >= 0.6 is 11.5 Å². The van der Waals surface area contributed by atoms with Crippen LogP contribution in [0.4, 0.5) is 17.3 Å². The fraction of sp³-hybridized carbons (Fsp3) is 0.182. The van der Waals surface area contributed by atoms with Crippen molar-refractivity contribution in [2.75, 3.05) is 7.05 Å². The van der Waals surface area contributed by atoms with Gasteiger partial charge in [-0.15, -0.1) is 0 Å². The topological polar surface area (TPSA) is 42.8 Å². The molecule has 0 aliphatic rings. The van der Waals surface area contributed by atoms with E-state index < -0.39 is 7.25 Å². The summed E-state index contributed by atoms with van der Waals surface area (Å²) in [5.41, 5.74) is 1.86. The van der Waals surface area contributed by atoms with Crippen LogP contribution in [0.2, 0.25) is 0 Å². The Labute approximate surface area is 122 Å². The van der Waals surface area contributed by atoms with Gasteiger partial charge in [0, 0.05) is 10.7 Å². The zero-order valence-electron chi connectivity index (χ0n) is 11.2. The van der Waals surface area contributed by atoms with Gasteiger partial charge in [-0.2, -0.15) is 0 Å². The molecule has 0 fully saturated rings. The SMILES string of the molecule is C/[N+]([O-])=C/c1s[n+](C)nc1-c1ccccc1.F[B-](F)(F)F. The van der Waals surface area contributed by atoms with Gasteiger partial charge in [-0.05, 0) is 4.07 Å². The minimum Gasteiger partial charge on any atom is -0.624 e. The summed E-state index contributed by atoms with van der Waals surface area (Å²) in [6.45, 7) is 0. The molecule has 4 nitrogen and oxygen atoms in total. The van der Waals surface area contributed by atoms with Crippen LogP contribution < -0.4 is 4.07 Å². The Balaban J connectivity index is 0.000000383. The van der Waals surface area contributed by atoms with Gasteiger partial charge in [0.25, 0.3) is 0 Å². The lowest BCUT2D eigenvalue weighted by Crippen LogP contribution is -2.25. The number of hydrogen-bond donors (Lipinski definition) is 0. The average molecular weight is 321 g/mol. The van der Waals surface area contributed by atoms with Crippen molar-refractivity contribution in [3.8, 4) is 11.3 Å². The van der Waals surface area contributed by atoms with E-state index in [1.54, 1.807) is 10.3 Å². The van der Waals surface area contributed by atoms with E-state index >= 15 is 0 Å². The molecular formula is C11H12BF4N3OS. The van der Waals surface area contributed by atoms with Crippen molar-refractivity contribution >= 4 is 25.0 Å². The van der Waals surface area contributed by atoms with Crippen LogP contribution in [0.15, 0.2) is 30.3 Å². The maximum atomic E-state index is 11.0. The van der Waals surface area contributed by atoms with E-state index in [0.717, 1.165) is 20.9 Å². The summed E-state index contributed by atoms with van der Waals surface area (Å²) in [7, 11) is -2.67. The highest BCUT2D eigenvalue weighted by Crippen LogP contribution is 2.20. The van der Waals surface area contributed by atoms with Gasteiger partial charge in [0.1, 0.15) is 7.05 Å². The lowest BCUT2D eigenvalue weighted by molar-refractivity contribution is -0.662. The quantitative estimate of drug-likeness (QED) is 0.213. The smallest absolute Gasteiger partial charge is 0.624 e. The van der Waals surface area contributed by atoms with E-state index in [2.05, 4.69) is 5.10 Å². The van der Waals surface area contributed by atoms with Crippen LogP contribution in [-0.4, -0.2) is 30.4 Å². The van der Waals surface area contributed by atoms with Crippen molar-refractivity contribution in [3.05, 3.63) is 40.4 Å². The molecule has 0 saturated carbocycles. The molecule has 21 heavy (non-hydrogen) atoms. The van der Waals surface area contributed by atoms with Crippen molar-refractivity contribution < 1.29 is 26.1 Å². The van der Waals surface area contributed by atoms with Gasteiger partial charge in [-0.25, -0.2) is 4.74 Å². The molecule has 0 radical (unpaired) electrons. The first-order chi connectivity index (χ1) is 9.66. The maximum absolute atomic E-state index is 11.0. The zero-order chi connectivity index (χ0) is 16.0. The third-order valence-corrected chi connectivity index (χ3v) is 2.89. The van der Waals surface area contributed by atoms with Gasteiger partial charge >= 0.3 is 7.25 Å². The highest BCUT2D eigenvalue weighted by molar-refractivity contribution is 7.04. The number of hydrogen-bond acceptors (Lipinski definition) is 3. The molecule has 114 valence electrons. The summed E-state index contributed by atoms with van der Waals surface area (Å²) in [6, 6.07) is 9.84. The molecule has 0 amide bonds. The second-order valence-electron chi connectivity index (χ2n) is 3.90. The minimum atomic E-state index is -6.00. The van der Waals surface area contributed by atoms with Crippen LogP contribution in [0.5, 0.6) is 0 Å². The Hall–Kier alpha value is -1.97. The molecule has 0 saturated heterocycles. The van der Waals surface area contributed by atoms with E-state index in [-0.39, 0.29) is 0 Å². The third kappa shape index (κ3) is 6.84. The Morgan fingerprint density at radius 3 is 2.24 bits per heavy atom. The van der Waals surface area contributed by atoms with E-state index in [1.807, 2.05) is 37.4 Å². The van der Waals surface area contributed by atoms with Gasteiger partial charge < -0.3 is 22.5 Å². The molecule has 0 aliphatic carbocycles. The maximum Gasteiger partial charge on any atom is 0.673 e. The molecule has 2 aromatic rings. The van der Waals surface area contributed by atoms with Crippen molar-refractivity contribution in [1.82, 2.24) is 5.10 Å². The summed E-state index contributed by atoms with van der Waals surface area (Å²) < 4.78 is 41.5. The molecule has 0 spiro atoms. The predicted octanol–water partition coefficient (Wildman–Crippen LogP) is 2.49. The first kappa shape index (κ1) is 17.1. The van der Waals surface area contributed by atoms with Crippen LogP contribution in [0.25, 0.3) is 11.3 Å². The Bertz CT molecular complexity index is 606. The Morgan fingerprint density at radius 2 is 1.76 bits per heavy atom. The summed E-state index contributed by atoms with van der Waals surface area (Å²) >= 11 is 1.45. The first-order valence-electron chi connectivity index (χ1n) is 5.72.